The molecule has 1 unspecified atom stereocenters. The predicted octanol–water partition coefficient (Wildman–Crippen LogP) is 0.597. The van der Waals surface area contributed by atoms with E-state index in [-0.39, 0.29) is 18.6 Å². The van der Waals surface area contributed by atoms with Crippen molar-refractivity contribution in [2.75, 3.05) is 165 Å². The molecule has 0 fully saturated rings. The smallest absolute Gasteiger partial charge is 0.246 e. The Morgan fingerprint density at radius 3 is 1.27 bits per heavy atom. The first-order valence-electron chi connectivity index (χ1n) is 17.7. The highest BCUT2D eigenvalue weighted by atomic mass is 16.6. The van der Waals surface area contributed by atoms with Crippen molar-refractivity contribution in [2.24, 2.45) is 5.73 Å². The molecule has 0 aromatic heterocycles. The first-order valence-corrected chi connectivity index (χ1v) is 17.7. The summed E-state index contributed by atoms with van der Waals surface area (Å²) in [7, 11) is 0. The minimum atomic E-state index is -0.155. The van der Waals surface area contributed by atoms with E-state index in [1.165, 1.54) is 6.42 Å². The third-order valence-electron chi connectivity index (χ3n) is 6.50. The summed E-state index contributed by atoms with van der Waals surface area (Å²) < 4.78 is 65.4. The van der Waals surface area contributed by atoms with Crippen molar-refractivity contribution in [3.05, 3.63) is 0 Å². The van der Waals surface area contributed by atoms with Gasteiger partial charge in [0.1, 0.15) is 12.7 Å². The summed E-state index contributed by atoms with van der Waals surface area (Å²) in [6.07, 6.45) is 5.06. The largest absolute Gasteiger partial charge is 0.378 e. The van der Waals surface area contributed by atoms with Crippen LogP contribution in [0.25, 0.3) is 0 Å². The molecule has 0 saturated carbocycles. The van der Waals surface area contributed by atoms with Crippen molar-refractivity contribution in [1.29, 1.82) is 0 Å². The molecule has 1 rings (SSSR count). The summed E-state index contributed by atoms with van der Waals surface area (Å²) in [4.78, 5) is 11.9. The van der Waals surface area contributed by atoms with Crippen LogP contribution in [-0.4, -0.2) is 177 Å². The van der Waals surface area contributed by atoms with Gasteiger partial charge in [-0.25, -0.2) is 0 Å². The monoisotopic (exact) mass is 708 g/mol. The van der Waals surface area contributed by atoms with Crippen molar-refractivity contribution in [3.63, 3.8) is 0 Å². The normalized spacial score (nSPS) is 14.7. The Morgan fingerprint density at radius 1 is 0.510 bits per heavy atom. The Hall–Kier alpha value is -1.49. The third-order valence-corrected chi connectivity index (χ3v) is 6.50. The van der Waals surface area contributed by atoms with Gasteiger partial charge in [0.15, 0.2) is 0 Å². The van der Waals surface area contributed by atoms with Crippen LogP contribution in [0.2, 0.25) is 0 Å². The number of carbonyl (C=O) groups excluding carboxylic acids is 1. The molecule has 3 N–H and O–H groups in total. The van der Waals surface area contributed by atoms with Gasteiger partial charge in [-0.15, -0.1) is 5.92 Å². The molecule has 49 heavy (non-hydrogen) atoms. The molecule has 0 aromatic carbocycles. The average molecular weight is 709 g/mol. The van der Waals surface area contributed by atoms with E-state index < -0.39 is 0 Å². The summed E-state index contributed by atoms with van der Waals surface area (Å²) in [6, 6.07) is 0. The van der Waals surface area contributed by atoms with E-state index in [1.807, 2.05) is 0 Å². The molecule has 0 radical (unpaired) electrons. The van der Waals surface area contributed by atoms with E-state index in [9.17, 15) is 4.79 Å². The summed E-state index contributed by atoms with van der Waals surface area (Å²) >= 11 is 0. The van der Waals surface area contributed by atoms with Crippen LogP contribution in [0.15, 0.2) is 0 Å². The maximum absolute atomic E-state index is 11.9. The van der Waals surface area contributed by atoms with Crippen molar-refractivity contribution in [3.8, 4) is 11.8 Å². The molecular formula is C34H64N2O13. The Labute approximate surface area is 293 Å². The zero-order chi connectivity index (χ0) is 35.0. The molecule has 15 nitrogen and oxygen atoms in total. The summed E-state index contributed by atoms with van der Waals surface area (Å²) in [5, 5.41) is 2.79. The fourth-order valence-electron chi connectivity index (χ4n) is 3.98. The summed E-state index contributed by atoms with van der Waals surface area (Å²) in [5.41, 5.74) is 5.33. The molecule has 288 valence electrons. The third kappa shape index (κ3) is 36.1. The van der Waals surface area contributed by atoms with Gasteiger partial charge in [-0.3, -0.25) is 4.79 Å². The lowest BCUT2D eigenvalue weighted by Gasteiger charge is -2.13. The number of nitrogens with one attached hydrogen (secondary N) is 1. The molecule has 1 aliphatic rings. The SMILES string of the molecule is NCCOCCOCCOCCOCCOCCOCCOCCOCCOCCOCCOCCNC(=O)COC1C#CCCCCC1. The molecule has 0 bridgehead atoms. The highest BCUT2D eigenvalue weighted by molar-refractivity contribution is 5.77. The van der Waals surface area contributed by atoms with Crippen LogP contribution < -0.4 is 11.1 Å². The van der Waals surface area contributed by atoms with Crippen LogP contribution in [-0.2, 0) is 61.6 Å². The van der Waals surface area contributed by atoms with E-state index in [0.717, 1.165) is 25.7 Å². The molecule has 0 aliphatic heterocycles. The lowest BCUT2D eigenvalue weighted by molar-refractivity contribution is -0.127. The van der Waals surface area contributed by atoms with Crippen LogP contribution in [0.3, 0.4) is 0 Å². The summed E-state index contributed by atoms with van der Waals surface area (Å²) in [6.45, 7) is 12.0. The van der Waals surface area contributed by atoms with Crippen molar-refractivity contribution in [2.45, 2.75) is 38.2 Å². The number of carbonyl (C=O) groups is 1. The van der Waals surface area contributed by atoms with E-state index in [4.69, 9.17) is 62.6 Å². The topological polar surface area (TPSA) is 166 Å². The predicted molar refractivity (Wildman–Crippen MR) is 182 cm³/mol. The molecular weight excluding hydrogens is 644 g/mol. The minimum absolute atomic E-state index is 0.0249. The zero-order valence-electron chi connectivity index (χ0n) is 29.7. The number of ether oxygens (including phenoxy) is 12. The zero-order valence-corrected chi connectivity index (χ0v) is 29.7. The quantitative estimate of drug-likeness (QED) is 0.0676. The lowest BCUT2D eigenvalue weighted by Crippen LogP contribution is -2.32. The van der Waals surface area contributed by atoms with E-state index in [2.05, 4.69) is 17.2 Å². The highest BCUT2D eigenvalue weighted by Crippen LogP contribution is 2.10. The first-order chi connectivity index (χ1) is 24.3. The van der Waals surface area contributed by atoms with Crippen LogP contribution >= 0.6 is 0 Å². The molecule has 1 atom stereocenters. The second-order valence-electron chi connectivity index (χ2n) is 10.6. The van der Waals surface area contributed by atoms with Gasteiger partial charge in [0.2, 0.25) is 5.91 Å². The lowest BCUT2D eigenvalue weighted by atomic mass is 10.1. The summed E-state index contributed by atoms with van der Waals surface area (Å²) in [5.74, 6) is 6.05. The number of hydrogen-bond donors (Lipinski definition) is 2. The first kappa shape index (κ1) is 45.5. The number of rotatable bonds is 38. The van der Waals surface area contributed by atoms with Crippen molar-refractivity contribution >= 4 is 5.91 Å². The van der Waals surface area contributed by atoms with Gasteiger partial charge in [0.25, 0.3) is 0 Å². The number of hydrogen-bond acceptors (Lipinski definition) is 14. The van der Waals surface area contributed by atoms with Gasteiger partial charge in [-0.1, -0.05) is 12.3 Å². The molecule has 0 saturated heterocycles. The maximum atomic E-state index is 11.9. The molecule has 0 spiro atoms. The Balaban J connectivity index is 1.65. The molecule has 15 heteroatoms. The van der Waals surface area contributed by atoms with Gasteiger partial charge in [-0.05, 0) is 19.3 Å². The molecule has 0 heterocycles. The Bertz CT molecular complexity index is 757. The highest BCUT2D eigenvalue weighted by Gasteiger charge is 2.10. The average Bonchev–Trinajstić information content (AvgIpc) is 3.09. The fraction of sp³-hybridized carbons (Fsp3) is 0.912. The number of nitrogens with two attached hydrogens (primary N) is 1. The fourth-order valence-corrected chi connectivity index (χ4v) is 3.98. The molecule has 0 aromatic rings. The molecule has 1 amide bonds. The van der Waals surface area contributed by atoms with Crippen molar-refractivity contribution < 1.29 is 61.6 Å². The van der Waals surface area contributed by atoms with Crippen LogP contribution in [0.4, 0.5) is 0 Å². The number of amides is 1. The van der Waals surface area contributed by atoms with Gasteiger partial charge in [0, 0.05) is 19.5 Å². The van der Waals surface area contributed by atoms with Crippen LogP contribution in [0.5, 0.6) is 0 Å². The molecule has 1 aliphatic carbocycles. The van der Waals surface area contributed by atoms with Gasteiger partial charge in [0.05, 0.1) is 145 Å². The Kier molecular flexibility index (Phi) is 36.5. The van der Waals surface area contributed by atoms with E-state index >= 15 is 0 Å². The maximum Gasteiger partial charge on any atom is 0.246 e. The van der Waals surface area contributed by atoms with E-state index in [1.54, 1.807) is 0 Å². The van der Waals surface area contributed by atoms with Crippen molar-refractivity contribution in [1.82, 2.24) is 5.32 Å². The van der Waals surface area contributed by atoms with Crippen LogP contribution in [0.1, 0.15) is 32.1 Å². The van der Waals surface area contributed by atoms with Gasteiger partial charge in [-0.2, -0.15) is 0 Å². The van der Waals surface area contributed by atoms with Gasteiger partial charge >= 0.3 is 0 Å². The second-order valence-corrected chi connectivity index (χ2v) is 10.6. The van der Waals surface area contributed by atoms with Gasteiger partial charge < -0.3 is 67.9 Å². The Morgan fingerprint density at radius 2 is 0.878 bits per heavy atom. The standard InChI is InChI=1S/C34H64N2O13/c35-8-10-38-12-14-40-16-18-42-20-22-44-24-26-46-28-30-48-31-29-47-27-25-45-23-21-43-19-17-41-15-13-39-11-9-36-34(37)32-49-33-6-4-2-1-3-5-7-33/h33H,1-4,6,8-32,35H2,(H,36,37). The van der Waals surface area contributed by atoms with E-state index in [0.29, 0.717) is 158 Å². The second kappa shape index (κ2) is 39.3. The minimum Gasteiger partial charge on any atom is -0.378 e. The van der Waals surface area contributed by atoms with Crippen LogP contribution in [0, 0.1) is 11.8 Å².